The van der Waals surface area contributed by atoms with Gasteiger partial charge in [0.25, 0.3) is 0 Å². The van der Waals surface area contributed by atoms with Gasteiger partial charge >= 0.3 is 7.54 Å². The second-order valence-corrected chi connectivity index (χ2v) is 2.83. The van der Waals surface area contributed by atoms with Crippen LogP contribution < -0.4 is 0 Å². The van der Waals surface area contributed by atoms with Crippen LogP contribution in [0, 0.1) is 0 Å². The van der Waals surface area contributed by atoms with E-state index in [9.17, 15) is 12.9 Å². The Morgan fingerprint density at radius 1 is 1.13 bits per heavy atom. The molecule has 0 saturated carbocycles. The second-order valence-electron chi connectivity index (χ2n) is 2.83. The standard InChI is InChI=1S/C10H14O.BF3/c1-11-9-5-8-10-6-3-2-4-7-10;2-1(3)4/h2-4,6-7H,5,8-9H2,1H3;. The van der Waals surface area contributed by atoms with Gasteiger partial charge in [-0.05, 0) is 18.4 Å². The molecule has 15 heavy (non-hydrogen) atoms. The minimum atomic E-state index is -3.67. The fourth-order valence-electron chi connectivity index (χ4n) is 1.07. The topological polar surface area (TPSA) is 9.23 Å². The van der Waals surface area contributed by atoms with Crippen molar-refractivity contribution in [2.45, 2.75) is 12.8 Å². The van der Waals surface area contributed by atoms with E-state index in [-0.39, 0.29) is 0 Å². The molecule has 1 rings (SSSR count). The summed E-state index contributed by atoms with van der Waals surface area (Å²) in [5.41, 5.74) is 1.39. The van der Waals surface area contributed by atoms with Crippen molar-refractivity contribution in [3.8, 4) is 0 Å². The number of ether oxygens (including phenoxy) is 1. The first-order chi connectivity index (χ1) is 7.16. The van der Waals surface area contributed by atoms with E-state index in [0.717, 1.165) is 19.4 Å². The van der Waals surface area contributed by atoms with E-state index in [1.165, 1.54) is 5.56 Å². The summed E-state index contributed by atoms with van der Waals surface area (Å²) in [5.74, 6) is 0. The lowest BCUT2D eigenvalue weighted by Gasteiger charge is -1.98. The maximum absolute atomic E-state index is 9.67. The number of aryl methyl sites for hydroxylation is 1. The molecule has 0 amide bonds. The predicted octanol–water partition coefficient (Wildman–Crippen LogP) is 3.15. The van der Waals surface area contributed by atoms with Crippen molar-refractivity contribution in [3.63, 3.8) is 0 Å². The molecule has 84 valence electrons. The van der Waals surface area contributed by atoms with Crippen LogP contribution >= 0.6 is 0 Å². The van der Waals surface area contributed by atoms with E-state index >= 15 is 0 Å². The lowest BCUT2D eigenvalue weighted by molar-refractivity contribution is 0.195. The highest BCUT2D eigenvalue weighted by Gasteiger charge is 2.06. The minimum absolute atomic E-state index is 0.856. The first-order valence-electron chi connectivity index (χ1n) is 4.62. The zero-order chi connectivity index (χ0) is 11.5. The van der Waals surface area contributed by atoms with E-state index < -0.39 is 7.54 Å². The van der Waals surface area contributed by atoms with E-state index in [4.69, 9.17) is 4.74 Å². The molecule has 0 fully saturated rings. The summed E-state index contributed by atoms with van der Waals surface area (Å²) in [6.45, 7) is 0.856. The Kier molecular flexibility index (Phi) is 8.97. The summed E-state index contributed by atoms with van der Waals surface area (Å²) < 4.78 is 34.0. The van der Waals surface area contributed by atoms with Gasteiger partial charge in [0.1, 0.15) is 0 Å². The van der Waals surface area contributed by atoms with Crippen molar-refractivity contribution in [1.29, 1.82) is 0 Å². The molecular formula is C10H14BF3O. The van der Waals surface area contributed by atoms with Gasteiger partial charge in [0, 0.05) is 13.7 Å². The van der Waals surface area contributed by atoms with Crippen molar-refractivity contribution < 1.29 is 17.7 Å². The van der Waals surface area contributed by atoms with E-state index in [0.29, 0.717) is 0 Å². The first-order valence-corrected chi connectivity index (χ1v) is 4.62. The number of halogens is 3. The molecule has 0 aliphatic rings. The maximum Gasteiger partial charge on any atom is 0.762 e. The highest BCUT2D eigenvalue weighted by atomic mass is 19.4. The number of hydrogen-bond acceptors (Lipinski definition) is 1. The number of hydrogen-bond donors (Lipinski definition) is 0. The highest BCUT2D eigenvalue weighted by molar-refractivity contribution is 6.33. The van der Waals surface area contributed by atoms with Crippen LogP contribution in [0.1, 0.15) is 12.0 Å². The Bertz CT molecular complexity index is 229. The maximum atomic E-state index is 9.67. The zero-order valence-corrected chi connectivity index (χ0v) is 8.63. The average molecular weight is 218 g/mol. The molecule has 0 saturated heterocycles. The van der Waals surface area contributed by atoms with Crippen LogP contribution in [0.4, 0.5) is 12.9 Å². The van der Waals surface area contributed by atoms with Gasteiger partial charge in [-0.15, -0.1) is 0 Å². The van der Waals surface area contributed by atoms with E-state index in [1.807, 2.05) is 6.07 Å². The molecule has 1 nitrogen and oxygen atoms in total. The molecule has 0 unspecified atom stereocenters. The van der Waals surface area contributed by atoms with E-state index in [1.54, 1.807) is 7.11 Å². The molecule has 1 aromatic carbocycles. The van der Waals surface area contributed by atoms with Gasteiger partial charge in [-0.1, -0.05) is 30.3 Å². The van der Waals surface area contributed by atoms with Crippen molar-refractivity contribution in [2.75, 3.05) is 13.7 Å². The molecule has 0 radical (unpaired) electrons. The first kappa shape index (κ1) is 14.0. The van der Waals surface area contributed by atoms with Gasteiger partial charge in [-0.25, -0.2) is 0 Å². The summed E-state index contributed by atoms with van der Waals surface area (Å²) in [5, 5.41) is 0. The lowest BCUT2D eigenvalue weighted by Crippen LogP contribution is -1.91. The number of methoxy groups -OCH3 is 1. The fourth-order valence-corrected chi connectivity index (χ4v) is 1.07. The van der Waals surface area contributed by atoms with Crippen molar-refractivity contribution >= 4 is 7.54 Å². The minimum Gasteiger partial charge on any atom is -0.385 e. The van der Waals surface area contributed by atoms with Crippen LogP contribution in [0.5, 0.6) is 0 Å². The average Bonchev–Trinajstić information content (AvgIpc) is 2.19. The summed E-state index contributed by atoms with van der Waals surface area (Å²) >= 11 is 0. The molecule has 0 aliphatic carbocycles. The van der Waals surface area contributed by atoms with E-state index in [2.05, 4.69) is 24.3 Å². The Morgan fingerprint density at radius 3 is 2.13 bits per heavy atom. The summed E-state index contributed by atoms with van der Waals surface area (Å²) in [7, 11) is -1.93. The van der Waals surface area contributed by atoms with Gasteiger partial charge in [0.05, 0.1) is 0 Å². The molecule has 0 heterocycles. The molecule has 0 bridgehead atoms. The Labute approximate surface area is 88.5 Å². The lowest BCUT2D eigenvalue weighted by atomic mass is 10.1. The molecule has 0 aromatic heterocycles. The Balaban J connectivity index is 0.000000423. The predicted molar refractivity (Wildman–Crippen MR) is 55.7 cm³/mol. The largest absolute Gasteiger partial charge is 0.762 e. The Morgan fingerprint density at radius 2 is 1.67 bits per heavy atom. The van der Waals surface area contributed by atoms with Gasteiger partial charge in [-0.3, -0.25) is 12.9 Å². The van der Waals surface area contributed by atoms with Gasteiger partial charge in [0.15, 0.2) is 0 Å². The van der Waals surface area contributed by atoms with Crippen LogP contribution in [0.25, 0.3) is 0 Å². The van der Waals surface area contributed by atoms with Crippen molar-refractivity contribution in [3.05, 3.63) is 35.9 Å². The summed E-state index contributed by atoms with van der Waals surface area (Å²) in [4.78, 5) is 0. The molecule has 0 spiro atoms. The van der Waals surface area contributed by atoms with Crippen LogP contribution in [0.15, 0.2) is 30.3 Å². The number of rotatable bonds is 4. The third kappa shape index (κ3) is 11.0. The number of benzene rings is 1. The third-order valence-electron chi connectivity index (χ3n) is 1.66. The third-order valence-corrected chi connectivity index (χ3v) is 1.66. The Hall–Kier alpha value is -0.965. The summed E-state index contributed by atoms with van der Waals surface area (Å²) in [6, 6.07) is 10.5. The van der Waals surface area contributed by atoms with Crippen molar-refractivity contribution in [1.82, 2.24) is 0 Å². The van der Waals surface area contributed by atoms with Gasteiger partial charge in [-0.2, -0.15) is 0 Å². The van der Waals surface area contributed by atoms with Crippen LogP contribution in [0.2, 0.25) is 0 Å². The normalized spacial score (nSPS) is 9.07. The molecular weight excluding hydrogens is 204 g/mol. The van der Waals surface area contributed by atoms with Crippen LogP contribution in [-0.4, -0.2) is 21.3 Å². The molecule has 0 atom stereocenters. The van der Waals surface area contributed by atoms with Crippen LogP contribution in [0.3, 0.4) is 0 Å². The van der Waals surface area contributed by atoms with Crippen molar-refractivity contribution in [2.24, 2.45) is 0 Å². The summed E-state index contributed by atoms with van der Waals surface area (Å²) in [6.07, 6.45) is 2.23. The molecule has 5 heteroatoms. The monoisotopic (exact) mass is 218 g/mol. The molecule has 1 aromatic rings. The quantitative estimate of drug-likeness (QED) is 0.557. The molecule has 0 N–H and O–H groups in total. The zero-order valence-electron chi connectivity index (χ0n) is 8.63. The second kappa shape index (κ2) is 9.58. The highest BCUT2D eigenvalue weighted by Crippen LogP contribution is 2.01. The van der Waals surface area contributed by atoms with Gasteiger partial charge in [0.2, 0.25) is 0 Å². The molecule has 0 aliphatic heterocycles. The SMILES string of the molecule is COCCCc1ccccc1.FB(F)F. The van der Waals surface area contributed by atoms with Crippen LogP contribution in [-0.2, 0) is 11.2 Å². The smallest absolute Gasteiger partial charge is 0.385 e. The van der Waals surface area contributed by atoms with Gasteiger partial charge < -0.3 is 4.74 Å². The fraction of sp³-hybridized carbons (Fsp3) is 0.400.